The van der Waals surface area contributed by atoms with Gasteiger partial charge >= 0.3 is 17.9 Å². The van der Waals surface area contributed by atoms with Crippen molar-refractivity contribution in [1.29, 1.82) is 0 Å². The number of ether oxygens (including phenoxy) is 3. The Morgan fingerprint density at radius 2 is 1.55 bits per heavy atom. The first kappa shape index (κ1) is 28.2. The maximum absolute atomic E-state index is 12.2. The van der Waals surface area contributed by atoms with Crippen LogP contribution in [0.1, 0.15) is 65.5 Å². The SMILES string of the molecule is CC=C(C)C(=O)OCC(O)(COC(=O)C(C)CC)c1ccc(COC(=O)C(C)CC)cc1O. The van der Waals surface area contributed by atoms with Crippen molar-refractivity contribution >= 4 is 17.9 Å². The average molecular weight is 465 g/mol. The summed E-state index contributed by atoms with van der Waals surface area (Å²) in [5.41, 5.74) is -1.12. The highest BCUT2D eigenvalue weighted by Crippen LogP contribution is 2.32. The first-order chi connectivity index (χ1) is 15.5. The van der Waals surface area contributed by atoms with Crippen molar-refractivity contribution in [1.82, 2.24) is 0 Å². The van der Waals surface area contributed by atoms with E-state index >= 15 is 0 Å². The minimum Gasteiger partial charge on any atom is -0.508 e. The van der Waals surface area contributed by atoms with Crippen LogP contribution in [0.4, 0.5) is 0 Å². The normalized spacial score (nSPS) is 15.2. The third-order valence-corrected chi connectivity index (χ3v) is 5.62. The van der Waals surface area contributed by atoms with Gasteiger partial charge in [-0.15, -0.1) is 0 Å². The fourth-order valence-corrected chi connectivity index (χ4v) is 2.64. The molecule has 0 aliphatic heterocycles. The number of aromatic hydroxyl groups is 1. The third-order valence-electron chi connectivity index (χ3n) is 5.62. The molecule has 0 aliphatic rings. The zero-order chi connectivity index (χ0) is 25.2. The van der Waals surface area contributed by atoms with Gasteiger partial charge in [-0.25, -0.2) is 4.79 Å². The van der Waals surface area contributed by atoms with E-state index in [4.69, 9.17) is 14.2 Å². The van der Waals surface area contributed by atoms with E-state index in [1.54, 1.807) is 39.8 Å². The molecule has 2 N–H and O–H groups in total. The lowest BCUT2D eigenvalue weighted by molar-refractivity contribution is -0.165. The molecule has 1 aromatic carbocycles. The minimum absolute atomic E-state index is 0.0161. The maximum atomic E-state index is 12.2. The molecule has 0 aromatic heterocycles. The number of rotatable bonds is 12. The molecule has 0 bridgehead atoms. The number of allylic oxidation sites excluding steroid dienone is 1. The van der Waals surface area contributed by atoms with Crippen LogP contribution in [0.2, 0.25) is 0 Å². The first-order valence-electron chi connectivity index (χ1n) is 11.2. The number of benzene rings is 1. The molecule has 0 spiro atoms. The van der Waals surface area contributed by atoms with Crippen LogP contribution in [0.3, 0.4) is 0 Å². The Labute approximate surface area is 195 Å². The Morgan fingerprint density at radius 1 is 1.00 bits per heavy atom. The van der Waals surface area contributed by atoms with Crippen LogP contribution in [0.25, 0.3) is 0 Å². The molecule has 0 fully saturated rings. The van der Waals surface area contributed by atoms with Crippen LogP contribution in [-0.4, -0.2) is 41.3 Å². The summed E-state index contributed by atoms with van der Waals surface area (Å²) < 4.78 is 15.7. The molecular weight excluding hydrogens is 428 g/mol. The summed E-state index contributed by atoms with van der Waals surface area (Å²) in [4.78, 5) is 36.1. The fourth-order valence-electron chi connectivity index (χ4n) is 2.64. The molecule has 0 heterocycles. The van der Waals surface area contributed by atoms with Gasteiger partial charge in [0, 0.05) is 11.1 Å². The Hall–Kier alpha value is -2.87. The summed E-state index contributed by atoms with van der Waals surface area (Å²) in [5, 5.41) is 21.9. The van der Waals surface area contributed by atoms with Crippen LogP contribution in [0.15, 0.2) is 29.8 Å². The highest BCUT2D eigenvalue weighted by atomic mass is 16.6. The largest absolute Gasteiger partial charge is 0.508 e. The van der Waals surface area contributed by atoms with Crippen LogP contribution in [-0.2, 0) is 40.8 Å². The van der Waals surface area contributed by atoms with Gasteiger partial charge in [0.15, 0.2) is 5.60 Å². The van der Waals surface area contributed by atoms with Gasteiger partial charge < -0.3 is 24.4 Å². The van der Waals surface area contributed by atoms with Crippen molar-refractivity contribution in [3.05, 3.63) is 41.0 Å². The van der Waals surface area contributed by atoms with Crippen molar-refractivity contribution in [3.8, 4) is 5.75 Å². The molecule has 3 unspecified atom stereocenters. The van der Waals surface area contributed by atoms with Gasteiger partial charge in [-0.05, 0) is 38.3 Å². The van der Waals surface area contributed by atoms with Crippen molar-refractivity contribution < 1.29 is 38.8 Å². The van der Waals surface area contributed by atoms with Crippen molar-refractivity contribution in [2.45, 2.75) is 66.6 Å². The second-order valence-corrected chi connectivity index (χ2v) is 8.26. The van der Waals surface area contributed by atoms with E-state index < -0.39 is 30.8 Å². The van der Waals surface area contributed by atoms with E-state index in [0.717, 1.165) is 0 Å². The van der Waals surface area contributed by atoms with E-state index in [0.29, 0.717) is 24.0 Å². The van der Waals surface area contributed by atoms with Gasteiger partial charge in [0.05, 0.1) is 11.8 Å². The van der Waals surface area contributed by atoms with Crippen LogP contribution >= 0.6 is 0 Å². The van der Waals surface area contributed by atoms with Gasteiger partial charge in [0.25, 0.3) is 0 Å². The number of phenols is 1. The van der Waals surface area contributed by atoms with E-state index in [9.17, 15) is 24.6 Å². The minimum atomic E-state index is -1.98. The van der Waals surface area contributed by atoms with Crippen LogP contribution in [0, 0.1) is 11.8 Å². The molecule has 0 saturated heterocycles. The Bertz CT molecular complexity index is 860. The Kier molecular flexibility index (Phi) is 11.1. The lowest BCUT2D eigenvalue weighted by Gasteiger charge is -2.29. The number of hydrogen-bond acceptors (Lipinski definition) is 8. The maximum Gasteiger partial charge on any atom is 0.333 e. The molecule has 0 amide bonds. The molecular formula is C25H36O8. The molecule has 0 radical (unpaired) electrons. The first-order valence-corrected chi connectivity index (χ1v) is 11.2. The van der Waals surface area contributed by atoms with Crippen molar-refractivity contribution in [3.63, 3.8) is 0 Å². The molecule has 0 aliphatic carbocycles. The zero-order valence-electron chi connectivity index (χ0n) is 20.3. The topological polar surface area (TPSA) is 119 Å². The lowest BCUT2D eigenvalue weighted by atomic mass is 9.93. The monoisotopic (exact) mass is 464 g/mol. The second kappa shape index (κ2) is 13.0. The highest BCUT2D eigenvalue weighted by molar-refractivity contribution is 5.87. The van der Waals surface area contributed by atoms with Crippen LogP contribution in [0.5, 0.6) is 5.75 Å². The number of carbonyl (C=O) groups excluding carboxylic acids is 3. The number of carbonyl (C=O) groups is 3. The number of aliphatic hydroxyl groups is 1. The van der Waals surface area contributed by atoms with Gasteiger partial charge in [-0.3, -0.25) is 9.59 Å². The standard InChI is InChI=1S/C25H36O8/c1-7-16(4)22(27)31-13-19-10-11-20(21(26)12-19)25(30,14-32-23(28)17(5)8-2)15-33-24(29)18(6)9-3/h8,10-12,16,18,26,30H,7,9,13-15H2,1-6H3. The third kappa shape index (κ3) is 8.20. The summed E-state index contributed by atoms with van der Waals surface area (Å²) in [6.45, 7) is 9.31. The van der Waals surface area contributed by atoms with Gasteiger partial charge in [-0.2, -0.15) is 0 Å². The number of hydrogen-bond donors (Lipinski definition) is 2. The number of esters is 3. The summed E-state index contributed by atoms with van der Waals surface area (Å²) in [6, 6.07) is 4.34. The van der Waals surface area contributed by atoms with Crippen molar-refractivity contribution in [2.75, 3.05) is 13.2 Å². The van der Waals surface area contributed by atoms with Gasteiger partial charge in [-0.1, -0.05) is 45.9 Å². The summed E-state index contributed by atoms with van der Waals surface area (Å²) >= 11 is 0. The summed E-state index contributed by atoms with van der Waals surface area (Å²) in [5.74, 6) is -2.43. The predicted octanol–water partition coefficient (Wildman–Crippen LogP) is 3.77. The number of phenolic OH excluding ortho intramolecular Hbond substituents is 1. The Morgan fingerprint density at radius 3 is 2.06 bits per heavy atom. The van der Waals surface area contributed by atoms with Crippen LogP contribution < -0.4 is 0 Å². The molecule has 184 valence electrons. The van der Waals surface area contributed by atoms with E-state index in [2.05, 4.69) is 0 Å². The summed E-state index contributed by atoms with van der Waals surface area (Å²) in [6.07, 6.45) is 2.77. The lowest BCUT2D eigenvalue weighted by Crippen LogP contribution is -2.39. The molecule has 1 rings (SSSR count). The molecule has 33 heavy (non-hydrogen) atoms. The van der Waals surface area contributed by atoms with E-state index in [1.807, 2.05) is 13.8 Å². The molecule has 0 saturated carbocycles. The van der Waals surface area contributed by atoms with E-state index in [-0.39, 0.29) is 35.7 Å². The van der Waals surface area contributed by atoms with Gasteiger partial charge in [0.2, 0.25) is 0 Å². The van der Waals surface area contributed by atoms with Gasteiger partial charge in [0.1, 0.15) is 25.6 Å². The summed E-state index contributed by atoms with van der Waals surface area (Å²) in [7, 11) is 0. The predicted molar refractivity (Wildman–Crippen MR) is 122 cm³/mol. The molecule has 1 aromatic rings. The quantitative estimate of drug-likeness (QED) is 0.273. The average Bonchev–Trinajstić information content (AvgIpc) is 2.82. The second-order valence-electron chi connectivity index (χ2n) is 8.26. The molecule has 8 nitrogen and oxygen atoms in total. The molecule has 8 heteroatoms. The smallest absolute Gasteiger partial charge is 0.333 e. The fraction of sp³-hybridized carbons (Fsp3) is 0.560. The van der Waals surface area contributed by atoms with Crippen molar-refractivity contribution in [2.24, 2.45) is 11.8 Å². The molecule has 3 atom stereocenters. The highest BCUT2D eigenvalue weighted by Gasteiger charge is 2.36. The zero-order valence-corrected chi connectivity index (χ0v) is 20.3. The van der Waals surface area contributed by atoms with E-state index in [1.165, 1.54) is 12.1 Å². The Balaban J connectivity index is 3.11.